The maximum absolute atomic E-state index is 13.8. The molecule has 0 saturated heterocycles. The lowest BCUT2D eigenvalue weighted by atomic mass is 9.95. The highest BCUT2D eigenvalue weighted by Crippen LogP contribution is 2.38. The van der Waals surface area contributed by atoms with Crippen molar-refractivity contribution in [2.75, 3.05) is 11.9 Å². The Bertz CT molecular complexity index is 1400. The molecule has 5 nitrogen and oxygen atoms in total. The fraction of sp³-hybridized carbons (Fsp3) is 0.231. The van der Waals surface area contributed by atoms with Gasteiger partial charge in [0.05, 0.1) is 15.8 Å². The summed E-state index contributed by atoms with van der Waals surface area (Å²) in [5.41, 5.74) is 3.79. The summed E-state index contributed by atoms with van der Waals surface area (Å²) in [5, 5.41) is 8.46. The molecule has 3 heterocycles. The molecule has 4 aromatic rings. The minimum Gasteiger partial charge on any atom is -0.348 e. The first kappa shape index (κ1) is 22.6. The van der Waals surface area contributed by atoms with Gasteiger partial charge in [0.2, 0.25) is 0 Å². The number of nitrogens with zero attached hydrogens (tertiary/aromatic N) is 1. The first-order chi connectivity index (χ1) is 16.5. The van der Waals surface area contributed by atoms with Crippen LogP contribution in [0, 0.1) is 5.82 Å². The van der Waals surface area contributed by atoms with Crippen molar-refractivity contribution in [1.29, 1.82) is 0 Å². The summed E-state index contributed by atoms with van der Waals surface area (Å²) in [6, 6.07) is 10.2. The SMILES string of the molecule is C=CCNC(=O)c1c(NC(=O)c2cc3sccc3n2Cc2cccc(F)c2)sc2c1CCCC2. The van der Waals surface area contributed by atoms with Crippen molar-refractivity contribution in [3.8, 4) is 0 Å². The highest BCUT2D eigenvalue weighted by atomic mass is 32.1. The van der Waals surface area contributed by atoms with E-state index in [1.165, 1.54) is 28.3 Å². The molecule has 0 fully saturated rings. The highest BCUT2D eigenvalue weighted by Gasteiger charge is 2.27. The second kappa shape index (κ2) is 9.56. The molecular formula is C26H24FN3O2S2. The van der Waals surface area contributed by atoms with Gasteiger partial charge in [-0.3, -0.25) is 9.59 Å². The van der Waals surface area contributed by atoms with Crippen LogP contribution < -0.4 is 10.6 Å². The molecule has 0 spiro atoms. The number of nitrogens with one attached hydrogen (secondary N) is 2. The summed E-state index contributed by atoms with van der Waals surface area (Å²) in [4.78, 5) is 27.7. The van der Waals surface area contributed by atoms with Crippen LogP contribution in [0.1, 0.15) is 49.7 Å². The van der Waals surface area contributed by atoms with Gasteiger partial charge in [-0.05, 0) is 66.5 Å². The van der Waals surface area contributed by atoms with E-state index in [0.29, 0.717) is 29.3 Å². The lowest BCUT2D eigenvalue weighted by Gasteiger charge is -2.13. The van der Waals surface area contributed by atoms with Crippen molar-refractivity contribution in [2.24, 2.45) is 0 Å². The molecule has 2 N–H and O–H groups in total. The number of aromatic nitrogens is 1. The van der Waals surface area contributed by atoms with Gasteiger partial charge < -0.3 is 15.2 Å². The Hall–Kier alpha value is -3.23. The average molecular weight is 494 g/mol. The molecular weight excluding hydrogens is 469 g/mol. The van der Waals surface area contributed by atoms with E-state index >= 15 is 0 Å². The Morgan fingerprint density at radius 3 is 2.82 bits per heavy atom. The minimum atomic E-state index is -0.309. The van der Waals surface area contributed by atoms with Crippen molar-refractivity contribution in [1.82, 2.24) is 9.88 Å². The summed E-state index contributed by atoms with van der Waals surface area (Å²) in [7, 11) is 0. The van der Waals surface area contributed by atoms with E-state index in [1.807, 2.05) is 28.1 Å². The van der Waals surface area contributed by atoms with E-state index in [0.717, 1.165) is 47.0 Å². The Morgan fingerprint density at radius 1 is 1.15 bits per heavy atom. The molecule has 5 rings (SSSR count). The van der Waals surface area contributed by atoms with E-state index in [2.05, 4.69) is 17.2 Å². The Kier molecular flexibility index (Phi) is 6.34. The first-order valence-corrected chi connectivity index (χ1v) is 12.9. The number of carbonyl (C=O) groups excluding carboxylic acids is 2. The Labute approximate surface area is 204 Å². The third-order valence-electron chi connectivity index (χ3n) is 6.02. The normalized spacial score (nSPS) is 13.0. The number of fused-ring (bicyclic) bond motifs is 2. The number of carbonyl (C=O) groups is 2. The van der Waals surface area contributed by atoms with Crippen LogP contribution in [0.25, 0.3) is 10.2 Å². The molecule has 2 amide bonds. The second-order valence-electron chi connectivity index (χ2n) is 8.28. The lowest BCUT2D eigenvalue weighted by molar-refractivity contribution is 0.0958. The lowest BCUT2D eigenvalue weighted by Crippen LogP contribution is -2.26. The highest BCUT2D eigenvalue weighted by molar-refractivity contribution is 7.17. The molecule has 34 heavy (non-hydrogen) atoms. The molecule has 0 aliphatic heterocycles. The summed E-state index contributed by atoms with van der Waals surface area (Å²) in [6.45, 7) is 4.40. The van der Waals surface area contributed by atoms with Crippen molar-refractivity contribution in [2.45, 2.75) is 32.2 Å². The number of hydrogen-bond donors (Lipinski definition) is 2. The predicted octanol–water partition coefficient (Wildman–Crippen LogP) is 6.00. The Morgan fingerprint density at radius 2 is 2.00 bits per heavy atom. The van der Waals surface area contributed by atoms with Crippen molar-refractivity contribution in [3.05, 3.63) is 87.5 Å². The number of halogens is 1. The zero-order valence-corrected chi connectivity index (χ0v) is 20.2. The van der Waals surface area contributed by atoms with Crippen LogP contribution in [0.2, 0.25) is 0 Å². The topological polar surface area (TPSA) is 63.1 Å². The van der Waals surface area contributed by atoms with Crippen molar-refractivity contribution in [3.63, 3.8) is 0 Å². The van der Waals surface area contributed by atoms with Crippen LogP contribution in [-0.2, 0) is 19.4 Å². The van der Waals surface area contributed by atoms with Crippen LogP contribution >= 0.6 is 22.7 Å². The van der Waals surface area contributed by atoms with Gasteiger partial charge in [0.15, 0.2) is 0 Å². The van der Waals surface area contributed by atoms with Gasteiger partial charge >= 0.3 is 0 Å². The van der Waals surface area contributed by atoms with Gasteiger partial charge in [-0.15, -0.1) is 29.3 Å². The number of rotatable bonds is 7. The van der Waals surface area contributed by atoms with Crippen LogP contribution in [0.5, 0.6) is 0 Å². The van der Waals surface area contributed by atoms with Crippen LogP contribution in [0.3, 0.4) is 0 Å². The molecule has 1 aliphatic carbocycles. The van der Waals surface area contributed by atoms with E-state index in [1.54, 1.807) is 23.5 Å². The third kappa shape index (κ3) is 4.31. The van der Waals surface area contributed by atoms with Crippen LogP contribution in [0.15, 0.2) is 54.4 Å². The van der Waals surface area contributed by atoms with E-state index in [9.17, 15) is 14.0 Å². The van der Waals surface area contributed by atoms with Crippen molar-refractivity contribution >= 4 is 49.7 Å². The standard InChI is InChI=1S/C26H24FN3O2S2/c1-2-11-28-25(32)23-18-8-3-4-9-21(18)34-26(23)29-24(31)20-14-22-19(10-12-33-22)30(20)15-16-6-5-7-17(27)13-16/h2,5-7,10,12-14H,1,3-4,8-9,11,15H2,(H,28,32)(H,29,31). The predicted molar refractivity (Wildman–Crippen MR) is 137 cm³/mol. The Balaban J connectivity index is 1.50. The van der Waals surface area contributed by atoms with Gasteiger partial charge in [0.1, 0.15) is 16.5 Å². The number of anilines is 1. The van der Waals surface area contributed by atoms with E-state index < -0.39 is 0 Å². The number of benzene rings is 1. The van der Waals surface area contributed by atoms with Crippen LogP contribution in [-0.4, -0.2) is 22.9 Å². The van der Waals surface area contributed by atoms with Gasteiger partial charge in [-0.2, -0.15) is 0 Å². The maximum atomic E-state index is 13.8. The van der Waals surface area contributed by atoms with Crippen molar-refractivity contribution < 1.29 is 14.0 Å². The number of aryl methyl sites for hydroxylation is 1. The molecule has 0 radical (unpaired) electrons. The molecule has 1 aromatic carbocycles. The minimum absolute atomic E-state index is 0.189. The van der Waals surface area contributed by atoms with E-state index in [-0.39, 0.29) is 17.6 Å². The fourth-order valence-corrected chi connectivity index (χ4v) is 6.57. The molecule has 0 atom stereocenters. The maximum Gasteiger partial charge on any atom is 0.272 e. The fourth-order valence-electron chi connectivity index (χ4n) is 4.47. The zero-order chi connectivity index (χ0) is 23.7. The van der Waals surface area contributed by atoms with Crippen LogP contribution in [0.4, 0.5) is 9.39 Å². The average Bonchev–Trinajstić information content (AvgIpc) is 3.51. The zero-order valence-electron chi connectivity index (χ0n) is 18.5. The summed E-state index contributed by atoms with van der Waals surface area (Å²) >= 11 is 3.05. The molecule has 3 aromatic heterocycles. The molecule has 0 unspecified atom stereocenters. The van der Waals surface area contributed by atoms with Gasteiger partial charge in [-0.1, -0.05) is 18.2 Å². The summed E-state index contributed by atoms with van der Waals surface area (Å²) in [6.07, 6.45) is 5.52. The molecule has 0 bridgehead atoms. The molecule has 174 valence electrons. The molecule has 0 saturated carbocycles. The number of amides is 2. The molecule has 1 aliphatic rings. The summed E-state index contributed by atoms with van der Waals surface area (Å²) < 4.78 is 16.7. The van der Waals surface area contributed by atoms with E-state index in [4.69, 9.17) is 0 Å². The van der Waals surface area contributed by atoms with Gasteiger partial charge in [-0.25, -0.2) is 4.39 Å². The quantitative estimate of drug-likeness (QED) is 0.310. The second-order valence-corrected chi connectivity index (χ2v) is 10.3. The monoisotopic (exact) mass is 493 g/mol. The summed E-state index contributed by atoms with van der Waals surface area (Å²) in [5.74, 6) is -0.779. The number of thiophene rings is 2. The van der Waals surface area contributed by atoms with Gasteiger partial charge in [0, 0.05) is 18.0 Å². The smallest absolute Gasteiger partial charge is 0.272 e. The van der Waals surface area contributed by atoms with Gasteiger partial charge in [0.25, 0.3) is 11.8 Å². The first-order valence-electron chi connectivity index (χ1n) is 11.2. The largest absolute Gasteiger partial charge is 0.348 e. The number of hydrogen-bond acceptors (Lipinski definition) is 4. The molecule has 8 heteroatoms. The third-order valence-corrected chi connectivity index (χ3v) is 8.08.